The first-order valence-electron chi connectivity index (χ1n) is 8.16. The van der Waals surface area contributed by atoms with Gasteiger partial charge < -0.3 is 15.0 Å². The highest BCUT2D eigenvalue weighted by atomic mass is 35.5. The molecule has 142 valence electrons. The van der Waals surface area contributed by atoms with Crippen LogP contribution in [0.15, 0.2) is 18.2 Å². The molecule has 6 nitrogen and oxygen atoms in total. The van der Waals surface area contributed by atoms with Gasteiger partial charge in [0.25, 0.3) is 5.91 Å². The highest BCUT2D eigenvalue weighted by Gasteiger charge is 2.35. The van der Waals surface area contributed by atoms with Crippen molar-refractivity contribution in [3.63, 3.8) is 0 Å². The number of piperidine rings is 3. The Morgan fingerprint density at radius 1 is 1.31 bits per heavy atom. The third-order valence-electron chi connectivity index (χ3n) is 4.96. The van der Waals surface area contributed by atoms with Crippen molar-refractivity contribution in [1.82, 2.24) is 20.4 Å². The van der Waals surface area contributed by atoms with Crippen molar-refractivity contribution in [2.45, 2.75) is 25.2 Å². The molecule has 1 atom stereocenters. The molecule has 2 N–H and O–H groups in total. The van der Waals surface area contributed by atoms with E-state index in [1.165, 1.54) is 18.2 Å². The Morgan fingerprint density at radius 2 is 2.04 bits per heavy atom. The van der Waals surface area contributed by atoms with Gasteiger partial charge in [0.15, 0.2) is 5.69 Å². The number of aromatic nitrogens is 2. The summed E-state index contributed by atoms with van der Waals surface area (Å²) in [6.45, 7) is 2.92. The molecule has 3 fully saturated rings. The molecular weight excluding hydrogens is 373 g/mol. The summed E-state index contributed by atoms with van der Waals surface area (Å²) in [7, 11) is 0. The second-order valence-electron chi connectivity index (χ2n) is 6.55. The van der Waals surface area contributed by atoms with Crippen LogP contribution in [0.3, 0.4) is 0 Å². The Kier molecular flexibility index (Phi) is 5.03. The third kappa shape index (κ3) is 3.73. The average molecular weight is 391 g/mol. The topological polar surface area (TPSA) is 70.2 Å². The molecule has 0 unspecified atom stereocenters. The molecular formula is C16H18ClF3N4O2. The molecule has 2 bridgehead atoms. The van der Waals surface area contributed by atoms with Gasteiger partial charge in [0.05, 0.1) is 5.52 Å². The van der Waals surface area contributed by atoms with Gasteiger partial charge in [-0.1, -0.05) is 0 Å². The predicted octanol–water partition coefficient (Wildman–Crippen LogP) is 2.71. The average Bonchev–Trinajstić information content (AvgIpc) is 2.97. The summed E-state index contributed by atoms with van der Waals surface area (Å²) in [6, 6.07) is 3.83. The maximum atomic E-state index is 12.6. The zero-order chi connectivity index (χ0) is 17.6. The van der Waals surface area contributed by atoms with E-state index in [1.54, 1.807) is 0 Å². The number of hydrogen-bond donors (Lipinski definition) is 2. The zero-order valence-electron chi connectivity index (χ0n) is 13.7. The van der Waals surface area contributed by atoms with Crippen LogP contribution in [0.5, 0.6) is 5.75 Å². The fraction of sp³-hybridized carbons (Fsp3) is 0.500. The van der Waals surface area contributed by atoms with E-state index >= 15 is 0 Å². The maximum absolute atomic E-state index is 12.6. The van der Waals surface area contributed by atoms with Crippen LogP contribution in [0, 0.1) is 5.92 Å². The van der Waals surface area contributed by atoms with Crippen molar-refractivity contribution < 1.29 is 22.7 Å². The van der Waals surface area contributed by atoms with Crippen LogP contribution in [0.25, 0.3) is 10.9 Å². The summed E-state index contributed by atoms with van der Waals surface area (Å²) < 4.78 is 41.1. The van der Waals surface area contributed by atoms with Crippen molar-refractivity contribution in [3.05, 3.63) is 23.9 Å². The summed E-state index contributed by atoms with van der Waals surface area (Å²) in [5.41, 5.74) is 0.563. The summed E-state index contributed by atoms with van der Waals surface area (Å²) in [5, 5.41) is 9.94. The standard InChI is InChI=1S/C16H17F3N4O2.ClH/c17-16(18,19)25-10-1-2-12-11(7-10)14(22-21-12)15(24)20-13-8-23-5-3-9(13)4-6-23;/h1-2,7,9,13H,3-6,8H2,(H,20,24)(H,21,22);1H/t13-;/m1./s1. The number of benzene rings is 1. The number of rotatable bonds is 3. The van der Waals surface area contributed by atoms with Gasteiger partial charge in [0.2, 0.25) is 0 Å². The summed E-state index contributed by atoms with van der Waals surface area (Å²) in [4.78, 5) is 14.9. The SMILES string of the molecule is Cl.O=C(N[C@@H]1CN2CCC1CC2)c1n[nH]c2ccc(OC(F)(F)F)cc12. The second kappa shape index (κ2) is 6.96. The van der Waals surface area contributed by atoms with E-state index in [-0.39, 0.29) is 35.8 Å². The lowest BCUT2D eigenvalue weighted by Crippen LogP contribution is -2.57. The number of halogens is 4. The smallest absolute Gasteiger partial charge is 0.406 e. The molecule has 1 amide bonds. The minimum absolute atomic E-state index is 0. The molecule has 0 radical (unpaired) electrons. The quantitative estimate of drug-likeness (QED) is 0.845. The Bertz CT molecular complexity index is 802. The predicted molar refractivity (Wildman–Crippen MR) is 90.4 cm³/mol. The molecule has 0 spiro atoms. The maximum Gasteiger partial charge on any atom is 0.573 e. The number of nitrogens with one attached hydrogen (secondary N) is 2. The summed E-state index contributed by atoms with van der Waals surface area (Å²) in [5.74, 6) is -0.310. The van der Waals surface area contributed by atoms with E-state index in [9.17, 15) is 18.0 Å². The van der Waals surface area contributed by atoms with Crippen molar-refractivity contribution in [3.8, 4) is 5.75 Å². The molecule has 3 saturated heterocycles. The monoisotopic (exact) mass is 390 g/mol. The van der Waals surface area contributed by atoms with Gasteiger partial charge in [-0.05, 0) is 50.0 Å². The lowest BCUT2D eigenvalue weighted by atomic mass is 9.84. The van der Waals surface area contributed by atoms with E-state index in [2.05, 4.69) is 25.2 Å². The lowest BCUT2D eigenvalue weighted by molar-refractivity contribution is -0.274. The first-order chi connectivity index (χ1) is 11.9. The van der Waals surface area contributed by atoms with Crippen LogP contribution in [0.2, 0.25) is 0 Å². The second-order valence-corrected chi connectivity index (χ2v) is 6.55. The molecule has 1 aromatic heterocycles. The number of H-pyrrole nitrogens is 1. The lowest BCUT2D eigenvalue weighted by Gasteiger charge is -2.44. The molecule has 3 aliphatic rings. The fourth-order valence-electron chi connectivity index (χ4n) is 3.73. The molecule has 10 heteroatoms. The van der Waals surface area contributed by atoms with E-state index in [0.29, 0.717) is 16.8 Å². The molecule has 0 saturated carbocycles. The van der Waals surface area contributed by atoms with E-state index in [4.69, 9.17) is 0 Å². The summed E-state index contributed by atoms with van der Waals surface area (Å²) in [6.07, 6.45) is -2.68. The van der Waals surface area contributed by atoms with Gasteiger partial charge in [-0.25, -0.2) is 0 Å². The number of ether oxygens (including phenoxy) is 1. The van der Waals surface area contributed by atoms with Crippen LogP contribution < -0.4 is 10.1 Å². The molecule has 1 aromatic carbocycles. The minimum atomic E-state index is -4.78. The van der Waals surface area contributed by atoms with Crippen LogP contribution in [-0.2, 0) is 0 Å². The van der Waals surface area contributed by atoms with Crippen LogP contribution in [0.1, 0.15) is 23.3 Å². The first kappa shape index (κ1) is 18.8. The largest absolute Gasteiger partial charge is 0.573 e. The number of hydrogen-bond acceptors (Lipinski definition) is 4. The normalized spacial score (nSPS) is 25.0. The molecule has 26 heavy (non-hydrogen) atoms. The van der Waals surface area contributed by atoms with Crippen molar-refractivity contribution in [2.24, 2.45) is 5.92 Å². The number of carbonyl (C=O) groups is 1. The first-order valence-corrected chi connectivity index (χ1v) is 8.16. The Morgan fingerprint density at radius 3 is 2.65 bits per heavy atom. The van der Waals surface area contributed by atoms with Crippen molar-refractivity contribution >= 4 is 29.2 Å². The minimum Gasteiger partial charge on any atom is -0.406 e. The number of carbonyl (C=O) groups excluding carboxylic acids is 1. The molecule has 0 aliphatic carbocycles. The number of fused-ring (bicyclic) bond motifs is 4. The molecule has 5 rings (SSSR count). The van der Waals surface area contributed by atoms with Gasteiger partial charge in [-0.3, -0.25) is 9.89 Å². The Balaban J connectivity index is 0.00000196. The van der Waals surface area contributed by atoms with E-state index in [0.717, 1.165) is 32.5 Å². The van der Waals surface area contributed by atoms with Crippen molar-refractivity contribution in [1.29, 1.82) is 0 Å². The molecule has 2 aromatic rings. The number of nitrogens with zero attached hydrogens (tertiary/aromatic N) is 2. The number of aromatic amines is 1. The number of alkyl halides is 3. The highest BCUT2D eigenvalue weighted by molar-refractivity contribution is 6.05. The van der Waals surface area contributed by atoms with Gasteiger partial charge >= 0.3 is 6.36 Å². The fourth-order valence-corrected chi connectivity index (χ4v) is 3.73. The molecule has 4 heterocycles. The van der Waals surface area contributed by atoms with Gasteiger partial charge in [-0.2, -0.15) is 5.10 Å². The van der Waals surface area contributed by atoms with Gasteiger partial charge in [-0.15, -0.1) is 25.6 Å². The molecule has 3 aliphatic heterocycles. The van der Waals surface area contributed by atoms with Gasteiger partial charge in [0.1, 0.15) is 5.75 Å². The highest BCUT2D eigenvalue weighted by Crippen LogP contribution is 2.29. The van der Waals surface area contributed by atoms with Gasteiger partial charge in [0, 0.05) is 18.0 Å². The third-order valence-corrected chi connectivity index (χ3v) is 4.96. The van der Waals surface area contributed by atoms with Crippen molar-refractivity contribution in [2.75, 3.05) is 19.6 Å². The van der Waals surface area contributed by atoms with E-state index in [1.807, 2.05) is 0 Å². The summed E-state index contributed by atoms with van der Waals surface area (Å²) >= 11 is 0. The van der Waals surface area contributed by atoms with E-state index < -0.39 is 6.36 Å². The van der Waals surface area contributed by atoms with Crippen LogP contribution in [0.4, 0.5) is 13.2 Å². The number of amides is 1. The Hall–Kier alpha value is -2.00. The zero-order valence-corrected chi connectivity index (χ0v) is 14.5. The Labute approximate surface area is 153 Å². The van der Waals surface area contributed by atoms with Crippen LogP contribution in [-0.4, -0.2) is 53.0 Å². The van der Waals surface area contributed by atoms with Crippen LogP contribution >= 0.6 is 12.4 Å².